The van der Waals surface area contributed by atoms with Gasteiger partial charge >= 0.3 is 0 Å². The zero-order chi connectivity index (χ0) is 10.9. The molecule has 0 aromatic carbocycles. The summed E-state index contributed by atoms with van der Waals surface area (Å²) in [6, 6.07) is 0. The topological polar surface area (TPSA) is 52.0 Å². The van der Waals surface area contributed by atoms with Crippen LogP contribution in [0.3, 0.4) is 0 Å². The third kappa shape index (κ3) is 4.10. The van der Waals surface area contributed by atoms with Gasteiger partial charge in [0.1, 0.15) is 0 Å². The molecule has 0 amide bonds. The number of nitrogens with two attached hydrogens (primary N) is 2. The first-order valence-corrected chi connectivity index (χ1v) is 5.50. The highest BCUT2D eigenvalue weighted by Gasteiger charge is 2.28. The second-order valence-electron chi connectivity index (χ2n) is 3.73. The molecule has 0 bridgehead atoms. The smallest absolute Gasteiger partial charge is 0.0280 e. The van der Waals surface area contributed by atoms with Crippen molar-refractivity contribution in [2.24, 2.45) is 23.0 Å². The van der Waals surface area contributed by atoms with Crippen LogP contribution in [0.2, 0.25) is 0 Å². The number of hydrazine groups is 1. The minimum absolute atomic E-state index is 0.634. The van der Waals surface area contributed by atoms with E-state index in [2.05, 4.69) is 46.3 Å². The maximum absolute atomic E-state index is 4.00. The van der Waals surface area contributed by atoms with Crippen LogP contribution in [0.15, 0.2) is 0 Å². The van der Waals surface area contributed by atoms with Gasteiger partial charge < -0.3 is 0 Å². The summed E-state index contributed by atoms with van der Waals surface area (Å²) in [5.41, 5.74) is 0.634. The predicted molar refractivity (Wildman–Crippen MR) is 61.1 cm³/mol. The highest BCUT2D eigenvalue weighted by Crippen LogP contribution is 2.39. The van der Waals surface area contributed by atoms with Crippen LogP contribution in [-0.4, -0.2) is 0 Å². The van der Waals surface area contributed by atoms with Crippen LogP contribution >= 0.6 is 0 Å². The van der Waals surface area contributed by atoms with E-state index in [1.165, 1.54) is 25.7 Å². The zero-order valence-corrected chi connectivity index (χ0v) is 10.1. The van der Waals surface area contributed by atoms with E-state index in [9.17, 15) is 0 Å². The fourth-order valence-electron chi connectivity index (χ4n) is 2.23. The Kier molecular flexibility index (Phi) is 10.1. The molecule has 0 fully saturated rings. The minimum atomic E-state index is 0.634. The maximum atomic E-state index is 4.00. The lowest BCUT2D eigenvalue weighted by atomic mass is 9.69. The molecular weight excluding hydrogens is 160 g/mol. The molecule has 13 heavy (non-hydrogen) atoms. The number of hydrogen-bond acceptors (Lipinski definition) is 2. The molecule has 0 spiro atoms. The molecule has 0 aliphatic heterocycles. The normalized spacial score (nSPS) is 13.2. The van der Waals surface area contributed by atoms with E-state index < -0.39 is 0 Å². The highest BCUT2D eigenvalue weighted by molar-refractivity contribution is 4.79. The molecule has 0 rings (SSSR count). The van der Waals surface area contributed by atoms with Gasteiger partial charge in [0.2, 0.25) is 0 Å². The lowest BCUT2D eigenvalue weighted by Crippen LogP contribution is -2.26. The first-order valence-electron chi connectivity index (χ1n) is 5.50. The minimum Gasteiger partial charge on any atom is -0.274 e. The van der Waals surface area contributed by atoms with Crippen LogP contribution in [0, 0.1) is 11.3 Å². The van der Waals surface area contributed by atoms with E-state index in [1.54, 1.807) is 0 Å². The first kappa shape index (κ1) is 15.4. The summed E-state index contributed by atoms with van der Waals surface area (Å²) in [6.07, 6.45) is 5.36. The van der Waals surface area contributed by atoms with E-state index in [1.807, 2.05) is 0 Å². The predicted octanol–water partition coefficient (Wildman–Crippen LogP) is 3.07. The Morgan fingerprint density at radius 1 is 0.923 bits per heavy atom. The van der Waals surface area contributed by atoms with Crippen LogP contribution in [0.4, 0.5) is 0 Å². The van der Waals surface area contributed by atoms with Crippen molar-refractivity contribution in [2.75, 3.05) is 0 Å². The Hall–Kier alpha value is -0.0800. The van der Waals surface area contributed by atoms with Crippen molar-refractivity contribution in [1.82, 2.24) is 0 Å². The van der Waals surface area contributed by atoms with E-state index in [0.29, 0.717) is 5.41 Å². The number of hydrogen-bond donors (Lipinski definition) is 2. The van der Waals surface area contributed by atoms with Gasteiger partial charge in [-0.1, -0.05) is 60.3 Å². The summed E-state index contributed by atoms with van der Waals surface area (Å²) < 4.78 is 0. The van der Waals surface area contributed by atoms with Gasteiger partial charge in [-0.15, -0.1) is 0 Å². The van der Waals surface area contributed by atoms with Gasteiger partial charge in [-0.05, 0) is 11.3 Å². The van der Waals surface area contributed by atoms with Crippen molar-refractivity contribution in [2.45, 2.75) is 60.3 Å². The Labute approximate surface area is 84.0 Å². The summed E-state index contributed by atoms with van der Waals surface area (Å²) in [7, 11) is 0. The summed E-state index contributed by atoms with van der Waals surface area (Å²) in [6.45, 7) is 11.7. The second-order valence-corrected chi connectivity index (χ2v) is 3.73. The van der Waals surface area contributed by atoms with E-state index in [4.69, 9.17) is 0 Å². The molecule has 2 heteroatoms. The number of rotatable bonds is 5. The van der Waals surface area contributed by atoms with Gasteiger partial charge in [0.15, 0.2) is 0 Å². The van der Waals surface area contributed by atoms with Gasteiger partial charge in [0.05, 0.1) is 0 Å². The van der Waals surface area contributed by atoms with Crippen molar-refractivity contribution in [3.63, 3.8) is 0 Å². The van der Waals surface area contributed by atoms with Crippen molar-refractivity contribution in [1.29, 1.82) is 0 Å². The average Bonchev–Trinajstić information content (AvgIpc) is 2.24. The molecule has 82 valence electrons. The molecule has 4 N–H and O–H groups in total. The van der Waals surface area contributed by atoms with E-state index in [0.717, 1.165) is 5.92 Å². The van der Waals surface area contributed by atoms with Gasteiger partial charge in [-0.3, -0.25) is 11.7 Å². The van der Waals surface area contributed by atoms with Crippen LogP contribution in [0.1, 0.15) is 60.3 Å². The molecule has 0 aliphatic rings. The molecule has 0 heterocycles. The quantitative estimate of drug-likeness (QED) is 0.514. The molecule has 0 saturated heterocycles. The van der Waals surface area contributed by atoms with E-state index in [-0.39, 0.29) is 0 Å². The van der Waals surface area contributed by atoms with Crippen LogP contribution in [0.25, 0.3) is 0 Å². The first-order chi connectivity index (χ1) is 6.16. The van der Waals surface area contributed by atoms with Crippen molar-refractivity contribution < 1.29 is 0 Å². The third-order valence-electron chi connectivity index (χ3n) is 3.77. The van der Waals surface area contributed by atoms with Crippen LogP contribution < -0.4 is 11.7 Å². The van der Waals surface area contributed by atoms with Crippen LogP contribution in [0.5, 0.6) is 0 Å². The standard InChI is InChI=1S/C11H24.H4N2/c1-6-10(5)11(7-2,8-3)9-4;1-2/h10H,6-9H2,1-5H3;1-2H2. The monoisotopic (exact) mass is 188 g/mol. The van der Waals surface area contributed by atoms with Gasteiger partial charge in [-0.25, -0.2) is 0 Å². The van der Waals surface area contributed by atoms with E-state index >= 15 is 0 Å². The molecular formula is C11H28N2. The van der Waals surface area contributed by atoms with Crippen molar-refractivity contribution >= 4 is 0 Å². The molecule has 0 aliphatic carbocycles. The Bertz CT molecular complexity index is 90.0. The summed E-state index contributed by atoms with van der Waals surface area (Å²) in [5, 5.41) is 0. The molecule has 0 aromatic heterocycles. The molecule has 0 saturated carbocycles. The summed E-state index contributed by atoms with van der Waals surface area (Å²) >= 11 is 0. The zero-order valence-electron chi connectivity index (χ0n) is 10.1. The van der Waals surface area contributed by atoms with Gasteiger partial charge in [0, 0.05) is 0 Å². The lowest BCUT2D eigenvalue weighted by molar-refractivity contribution is 0.144. The van der Waals surface area contributed by atoms with Crippen molar-refractivity contribution in [3.05, 3.63) is 0 Å². The molecule has 1 unspecified atom stereocenters. The Balaban J connectivity index is 0. The maximum Gasteiger partial charge on any atom is -0.0280 e. The fourth-order valence-corrected chi connectivity index (χ4v) is 2.23. The SMILES string of the molecule is CCC(C)C(CC)(CC)CC.NN. The summed E-state index contributed by atoms with van der Waals surface area (Å²) in [5.74, 6) is 8.89. The highest BCUT2D eigenvalue weighted by atomic mass is 15.0. The molecule has 0 radical (unpaired) electrons. The molecule has 1 atom stereocenters. The van der Waals surface area contributed by atoms with Crippen molar-refractivity contribution in [3.8, 4) is 0 Å². The van der Waals surface area contributed by atoms with Gasteiger partial charge in [-0.2, -0.15) is 0 Å². The summed E-state index contributed by atoms with van der Waals surface area (Å²) in [4.78, 5) is 0. The lowest BCUT2D eigenvalue weighted by Gasteiger charge is -2.36. The van der Waals surface area contributed by atoms with Crippen LogP contribution in [-0.2, 0) is 0 Å². The average molecular weight is 188 g/mol. The third-order valence-corrected chi connectivity index (χ3v) is 3.77. The fraction of sp³-hybridized carbons (Fsp3) is 1.00. The second kappa shape index (κ2) is 8.52. The molecule has 2 nitrogen and oxygen atoms in total. The largest absolute Gasteiger partial charge is 0.274 e. The Morgan fingerprint density at radius 2 is 1.23 bits per heavy atom. The molecule has 0 aromatic rings. The Morgan fingerprint density at radius 3 is 1.31 bits per heavy atom. The van der Waals surface area contributed by atoms with Gasteiger partial charge in [0.25, 0.3) is 0 Å².